The minimum Gasteiger partial charge on any atom is -0.497 e. The summed E-state index contributed by atoms with van der Waals surface area (Å²) in [5.41, 5.74) is 1.19. The lowest BCUT2D eigenvalue weighted by Gasteiger charge is -2.22. The first-order valence-electron chi connectivity index (χ1n) is 10.5. The number of carbonyl (C=O) groups excluding carboxylic acids is 2. The highest BCUT2D eigenvalue weighted by molar-refractivity contribution is 7.89. The van der Waals surface area contributed by atoms with Crippen molar-refractivity contribution in [2.75, 3.05) is 7.11 Å². The van der Waals surface area contributed by atoms with Gasteiger partial charge < -0.3 is 15.4 Å². The van der Waals surface area contributed by atoms with E-state index in [-0.39, 0.29) is 35.2 Å². The first kappa shape index (κ1) is 23.7. The molecule has 172 valence electrons. The third-order valence-electron chi connectivity index (χ3n) is 5.19. The highest BCUT2D eigenvalue weighted by Crippen LogP contribution is 2.22. The van der Waals surface area contributed by atoms with Gasteiger partial charge in [-0.05, 0) is 60.7 Å². The van der Waals surface area contributed by atoms with E-state index in [1.165, 1.54) is 12.1 Å². The molecule has 1 fully saturated rings. The standard InChI is InChI=1S/C23H29N3O5S/c1-15(2)21(25-22(27)17-6-10-19(31-3)11-7-17)23(28)24-14-16-4-12-20(13-5-16)32(29,30)26-18-8-9-18/h4-7,10-13,15,18,21,26H,8-9,14H2,1-3H3,(H,24,28)(H,25,27). The van der Waals surface area contributed by atoms with Crippen molar-refractivity contribution >= 4 is 21.8 Å². The topological polar surface area (TPSA) is 114 Å². The molecule has 0 radical (unpaired) electrons. The Kier molecular flexibility index (Phi) is 7.52. The third-order valence-corrected chi connectivity index (χ3v) is 6.72. The highest BCUT2D eigenvalue weighted by atomic mass is 32.2. The molecule has 9 heteroatoms. The molecule has 1 unspecified atom stereocenters. The van der Waals surface area contributed by atoms with Crippen molar-refractivity contribution in [3.63, 3.8) is 0 Å². The normalized spacial score (nSPS) is 14.6. The van der Waals surface area contributed by atoms with Crippen molar-refractivity contribution in [3.05, 3.63) is 59.7 Å². The lowest BCUT2D eigenvalue weighted by Crippen LogP contribution is -2.49. The van der Waals surface area contributed by atoms with E-state index in [2.05, 4.69) is 15.4 Å². The molecule has 2 aromatic carbocycles. The largest absolute Gasteiger partial charge is 0.497 e. The number of amides is 2. The Balaban J connectivity index is 1.57. The first-order valence-corrected chi connectivity index (χ1v) is 12.0. The van der Waals surface area contributed by atoms with Crippen molar-refractivity contribution in [2.45, 2.75) is 50.2 Å². The predicted octanol–water partition coefficient (Wildman–Crippen LogP) is 2.21. The van der Waals surface area contributed by atoms with Gasteiger partial charge in [0.25, 0.3) is 5.91 Å². The molecule has 0 aromatic heterocycles. The molecule has 8 nitrogen and oxygen atoms in total. The van der Waals surface area contributed by atoms with Gasteiger partial charge in [-0.15, -0.1) is 0 Å². The quantitative estimate of drug-likeness (QED) is 0.504. The number of hydrogen-bond donors (Lipinski definition) is 3. The molecule has 0 bridgehead atoms. The molecule has 0 aliphatic heterocycles. The number of methoxy groups -OCH3 is 1. The number of ether oxygens (including phenoxy) is 1. The van der Waals surface area contributed by atoms with Crippen LogP contribution in [0.4, 0.5) is 0 Å². The Morgan fingerprint density at radius 3 is 2.19 bits per heavy atom. The zero-order valence-corrected chi connectivity index (χ0v) is 19.2. The monoisotopic (exact) mass is 459 g/mol. The zero-order chi connectivity index (χ0) is 23.3. The van der Waals surface area contributed by atoms with Crippen LogP contribution in [0.15, 0.2) is 53.4 Å². The summed E-state index contributed by atoms with van der Waals surface area (Å²) in [4.78, 5) is 25.5. The average Bonchev–Trinajstić information content (AvgIpc) is 3.59. The minimum absolute atomic E-state index is 0.0417. The number of sulfonamides is 1. The van der Waals surface area contributed by atoms with Gasteiger partial charge in [-0.1, -0.05) is 26.0 Å². The van der Waals surface area contributed by atoms with Crippen LogP contribution in [-0.4, -0.2) is 39.4 Å². The average molecular weight is 460 g/mol. The van der Waals surface area contributed by atoms with Crippen LogP contribution in [0.2, 0.25) is 0 Å². The molecule has 1 aliphatic carbocycles. The molecule has 0 heterocycles. The fraction of sp³-hybridized carbons (Fsp3) is 0.391. The summed E-state index contributed by atoms with van der Waals surface area (Å²) in [6.45, 7) is 3.92. The summed E-state index contributed by atoms with van der Waals surface area (Å²) in [7, 11) is -1.96. The highest BCUT2D eigenvalue weighted by Gasteiger charge is 2.28. The number of rotatable bonds is 10. The molecule has 1 saturated carbocycles. The van der Waals surface area contributed by atoms with Gasteiger partial charge in [0, 0.05) is 18.2 Å². The summed E-state index contributed by atoms with van der Waals surface area (Å²) in [5.74, 6) is -0.145. The van der Waals surface area contributed by atoms with Crippen LogP contribution in [0.1, 0.15) is 42.6 Å². The van der Waals surface area contributed by atoms with Gasteiger partial charge in [0.15, 0.2) is 0 Å². The first-order chi connectivity index (χ1) is 15.2. The van der Waals surface area contributed by atoms with Crippen molar-refractivity contribution in [2.24, 2.45) is 5.92 Å². The number of benzene rings is 2. The predicted molar refractivity (Wildman–Crippen MR) is 121 cm³/mol. The maximum Gasteiger partial charge on any atom is 0.251 e. The SMILES string of the molecule is COc1ccc(C(=O)NC(C(=O)NCc2ccc(S(=O)(=O)NC3CC3)cc2)C(C)C)cc1. The zero-order valence-electron chi connectivity index (χ0n) is 18.4. The van der Waals surface area contributed by atoms with Crippen LogP contribution in [0.25, 0.3) is 0 Å². The molecule has 32 heavy (non-hydrogen) atoms. The summed E-state index contributed by atoms with van der Waals surface area (Å²) < 4.78 is 32.2. The lowest BCUT2D eigenvalue weighted by molar-refractivity contribution is -0.124. The van der Waals surface area contributed by atoms with E-state index in [0.717, 1.165) is 18.4 Å². The van der Waals surface area contributed by atoms with E-state index in [0.29, 0.717) is 11.3 Å². The van der Waals surface area contributed by atoms with E-state index in [1.54, 1.807) is 43.5 Å². The van der Waals surface area contributed by atoms with Gasteiger partial charge >= 0.3 is 0 Å². The van der Waals surface area contributed by atoms with Crippen molar-refractivity contribution in [1.82, 2.24) is 15.4 Å². The van der Waals surface area contributed by atoms with Gasteiger partial charge in [-0.2, -0.15) is 0 Å². The van der Waals surface area contributed by atoms with E-state index < -0.39 is 16.1 Å². The summed E-state index contributed by atoms with van der Waals surface area (Å²) in [6.07, 6.45) is 1.74. The third kappa shape index (κ3) is 6.30. The molecule has 2 amide bonds. The summed E-state index contributed by atoms with van der Waals surface area (Å²) in [6, 6.07) is 12.4. The maximum absolute atomic E-state index is 12.7. The van der Waals surface area contributed by atoms with Crippen LogP contribution in [0.3, 0.4) is 0 Å². The van der Waals surface area contributed by atoms with Crippen LogP contribution in [0, 0.1) is 5.92 Å². The summed E-state index contributed by atoms with van der Waals surface area (Å²) in [5, 5.41) is 5.60. The lowest BCUT2D eigenvalue weighted by atomic mass is 10.0. The van der Waals surface area contributed by atoms with E-state index in [1.807, 2.05) is 13.8 Å². The van der Waals surface area contributed by atoms with Crippen LogP contribution in [-0.2, 0) is 21.4 Å². The minimum atomic E-state index is -3.51. The van der Waals surface area contributed by atoms with Gasteiger partial charge in [0.2, 0.25) is 15.9 Å². The second-order valence-corrected chi connectivity index (χ2v) is 9.89. The molecule has 1 aliphatic rings. The second-order valence-electron chi connectivity index (χ2n) is 8.18. The molecule has 3 rings (SSSR count). The smallest absolute Gasteiger partial charge is 0.251 e. The van der Waals surface area contributed by atoms with Crippen LogP contribution in [0.5, 0.6) is 5.75 Å². The van der Waals surface area contributed by atoms with Gasteiger partial charge in [-0.3, -0.25) is 9.59 Å². The van der Waals surface area contributed by atoms with E-state index >= 15 is 0 Å². The second kappa shape index (κ2) is 10.1. The van der Waals surface area contributed by atoms with Gasteiger partial charge in [-0.25, -0.2) is 13.1 Å². The van der Waals surface area contributed by atoms with Gasteiger partial charge in [0.05, 0.1) is 12.0 Å². The van der Waals surface area contributed by atoms with Crippen molar-refractivity contribution in [3.8, 4) is 5.75 Å². The molecular weight excluding hydrogens is 430 g/mol. The van der Waals surface area contributed by atoms with Crippen molar-refractivity contribution < 1.29 is 22.7 Å². The van der Waals surface area contributed by atoms with Crippen LogP contribution < -0.4 is 20.1 Å². The Bertz CT molecular complexity index is 1050. The Labute approximate surface area is 188 Å². The Morgan fingerprint density at radius 2 is 1.66 bits per heavy atom. The molecule has 0 saturated heterocycles. The van der Waals surface area contributed by atoms with E-state index in [4.69, 9.17) is 4.74 Å². The molecular formula is C23H29N3O5S. The van der Waals surface area contributed by atoms with Gasteiger partial charge in [0.1, 0.15) is 11.8 Å². The Morgan fingerprint density at radius 1 is 1.03 bits per heavy atom. The van der Waals surface area contributed by atoms with E-state index in [9.17, 15) is 18.0 Å². The summed E-state index contributed by atoms with van der Waals surface area (Å²) >= 11 is 0. The molecule has 3 N–H and O–H groups in total. The van der Waals surface area contributed by atoms with Crippen molar-refractivity contribution in [1.29, 1.82) is 0 Å². The Hall–Kier alpha value is -2.91. The van der Waals surface area contributed by atoms with Crippen LogP contribution >= 0.6 is 0 Å². The fourth-order valence-corrected chi connectivity index (χ4v) is 4.38. The number of hydrogen-bond acceptors (Lipinski definition) is 5. The fourth-order valence-electron chi connectivity index (χ4n) is 3.08. The maximum atomic E-state index is 12.7. The number of nitrogens with one attached hydrogen (secondary N) is 3. The number of carbonyl (C=O) groups is 2. The molecule has 2 aromatic rings. The molecule has 0 spiro atoms. The molecule has 1 atom stereocenters.